The van der Waals surface area contributed by atoms with Crippen molar-refractivity contribution in [2.24, 2.45) is 0 Å². The number of anilines is 1. The van der Waals surface area contributed by atoms with Gasteiger partial charge in [-0.15, -0.1) is 0 Å². The van der Waals surface area contributed by atoms with Gasteiger partial charge < -0.3 is 10.2 Å². The van der Waals surface area contributed by atoms with Crippen molar-refractivity contribution in [1.82, 2.24) is 5.32 Å². The quantitative estimate of drug-likeness (QED) is 0.505. The van der Waals surface area contributed by atoms with E-state index < -0.39 is 0 Å². The molecule has 0 aromatic heterocycles. The Morgan fingerprint density at radius 2 is 2.18 bits per heavy atom. The number of rotatable bonds is 2. The summed E-state index contributed by atoms with van der Waals surface area (Å²) >= 11 is 2.17. The molecule has 2 rings (SSSR count). The molecule has 1 N–H and O–H groups in total. The van der Waals surface area contributed by atoms with Gasteiger partial charge in [0.25, 0.3) is 5.69 Å². The Hall–Kier alpha value is -0.890. The Morgan fingerprint density at radius 3 is 2.88 bits per heavy atom. The highest BCUT2D eigenvalue weighted by Crippen LogP contribution is 2.27. The normalized spacial score (nSPS) is 16.6. The lowest BCUT2D eigenvalue weighted by Gasteiger charge is -2.23. The predicted molar refractivity (Wildman–Crippen MR) is 75.5 cm³/mol. The third-order valence-electron chi connectivity index (χ3n) is 2.82. The van der Waals surface area contributed by atoms with Crippen LogP contribution in [0.1, 0.15) is 6.42 Å². The number of nitrogens with zero attached hydrogens (tertiary/aromatic N) is 2. The smallest absolute Gasteiger partial charge is 0.270 e. The van der Waals surface area contributed by atoms with Crippen LogP contribution < -0.4 is 10.2 Å². The van der Waals surface area contributed by atoms with Crippen LogP contribution in [0.5, 0.6) is 0 Å². The van der Waals surface area contributed by atoms with Gasteiger partial charge >= 0.3 is 0 Å². The van der Waals surface area contributed by atoms with Crippen molar-refractivity contribution >= 4 is 34.0 Å². The highest BCUT2D eigenvalue weighted by atomic mass is 127. The first-order valence-electron chi connectivity index (χ1n) is 5.58. The number of nitro benzene ring substituents is 1. The highest BCUT2D eigenvalue weighted by molar-refractivity contribution is 14.1. The lowest BCUT2D eigenvalue weighted by atomic mass is 10.2. The predicted octanol–water partition coefficient (Wildman–Crippen LogP) is 2.00. The van der Waals surface area contributed by atoms with Crippen LogP contribution in [-0.2, 0) is 0 Å². The molecule has 0 radical (unpaired) electrons. The van der Waals surface area contributed by atoms with Crippen LogP contribution >= 0.6 is 22.6 Å². The van der Waals surface area contributed by atoms with Gasteiger partial charge in [-0.25, -0.2) is 0 Å². The molecule has 17 heavy (non-hydrogen) atoms. The molecule has 1 aliphatic rings. The van der Waals surface area contributed by atoms with Crippen molar-refractivity contribution in [3.05, 3.63) is 31.9 Å². The molecule has 0 aliphatic carbocycles. The van der Waals surface area contributed by atoms with Gasteiger partial charge in [0.1, 0.15) is 0 Å². The number of nitro groups is 1. The number of nitrogens with one attached hydrogen (secondary N) is 1. The second-order valence-corrected chi connectivity index (χ2v) is 5.15. The van der Waals surface area contributed by atoms with Crippen molar-refractivity contribution < 1.29 is 4.92 Å². The molecule has 0 spiro atoms. The van der Waals surface area contributed by atoms with Crippen LogP contribution in [0.4, 0.5) is 11.4 Å². The fraction of sp³-hybridized carbons (Fsp3) is 0.455. The van der Waals surface area contributed by atoms with Gasteiger partial charge in [0.2, 0.25) is 0 Å². The summed E-state index contributed by atoms with van der Waals surface area (Å²) < 4.78 is 0.943. The van der Waals surface area contributed by atoms with Crippen molar-refractivity contribution in [1.29, 1.82) is 0 Å². The summed E-state index contributed by atoms with van der Waals surface area (Å²) in [7, 11) is 0. The Morgan fingerprint density at radius 1 is 1.35 bits per heavy atom. The Labute approximate surface area is 113 Å². The van der Waals surface area contributed by atoms with Crippen molar-refractivity contribution in [3.63, 3.8) is 0 Å². The van der Waals surface area contributed by atoms with Gasteiger partial charge in [0, 0.05) is 35.3 Å². The maximum atomic E-state index is 10.7. The second kappa shape index (κ2) is 5.63. The molecule has 92 valence electrons. The maximum absolute atomic E-state index is 10.7. The standard InChI is InChI=1S/C11H14IN3O2/c12-10-8-9(15(16)17)2-3-11(10)14-6-1-4-13-5-7-14/h2-3,8,13H,1,4-7H2. The zero-order chi connectivity index (χ0) is 12.3. The molecular formula is C11H14IN3O2. The molecule has 1 aromatic rings. The zero-order valence-electron chi connectivity index (χ0n) is 9.36. The van der Waals surface area contributed by atoms with Gasteiger partial charge in [0.15, 0.2) is 0 Å². The van der Waals surface area contributed by atoms with Gasteiger partial charge in [-0.2, -0.15) is 0 Å². The molecule has 1 heterocycles. The summed E-state index contributed by atoms with van der Waals surface area (Å²) in [6.07, 6.45) is 1.10. The van der Waals surface area contributed by atoms with Crippen molar-refractivity contribution in [2.75, 3.05) is 31.1 Å². The van der Waals surface area contributed by atoms with E-state index in [0.29, 0.717) is 0 Å². The lowest BCUT2D eigenvalue weighted by Crippen LogP contribution is -2.28. The molecule has 0 atom stereocenters. The minimum absolute atomic E-state index is 0.158. The average molecular weight is 347 g/mol. The van der Waals surface area contributed by atoms with Gasteiger partial charge in [-0.05, 0) is 41.6 Å². The fourth-order valence-electron chi connectivity index (χ4n) is 1.95. The first kappa shape index (κ1) is 12.6. The first-order valence-corrected chi connectivity index (χ1v) is 6.66. The van der Waals surface area contributed by atoms with E-state index in [1.165, 1.54) is 0 Å². The molecule has 0 unspecified atom stereocenters. The van der Waals surface area contributed by atoms with Crippen molar-refractivity contribution in [3.8, 4) is 0 Å². The van der Waals surface area contributed by atoms with Crippen LogP contribution in [-0.4, -0.2) is 31.1 Å². The van der Waals surface area contributed by atoms with E-state index >= 15 is 0 Å². The van der Waals surface area contributed by atoms with Crippen LogP contribution in [0.3, 0.4) is 0 Å². The summed E-state index contributed by atoms with van der Waals surface area (Å²) in [4.78, 5) is 12.6. The van der Waals surface area contributed by atoms with E-state index in [9.17, 15) is 10.1 Å². The maximum Gasteiger partial charge on any atom is 0.270 e. The minimum atomic E-state index is -0.351. The third kappa shape index (κ3) is 3.06. The summed E-state index contributed by atoms with van der Waals surface area (Å²) in [6, 6.07) is 5.06. The highest BCUT2D eigenvalue weighted by Gasteiger charge is 2.15. The van der Waals surface area contributed by atoms with Crippen LogP contribution in [0.25, 0.3) is 0 Å². The molecule has 1 saturated heterocycles. The van der Waals surface area contributed by atoms with E-state index in [0.717, 1.165) is 41.9 Å². The first-order chi connectivity index (χ1) is 8.18. The number of halogens is 1. The van der Waals surface area contributed by atoms with Crippen LogP contribution in [0.2, 0.25) is 0 Å². The molecular weight excluding hydrogens is 333 g/mol. The second-order valence-electron chi connectivity index (χ2n) is 3.98. The monoisotopic (exact) mass is 347 g/mol. The van der Waals surface area contributed by atoms with E-state index in [4.69, 9.17) is 0 Å². The third-order valence-corrected chi connectivity index (χ3v) is 3.69. The summed E-state index contributed by atoms with van der Waals surface area (Å²) in [5.74, 6) is 0. The molecule has 0 bridgehead atoms. The number of hydrogen-bond acceptors (Lipinski definition) is 4. The molecule has 1 aromatic carbocycles. The van der Waals surface area contributed by atoms with E-state index in [1.54, 1.807) is 12.1 Å². The molecule has 6 heteroatoms. The number of hydrogen-bond donors (Lipinski definition) is 1. The topological polar surface area (TPSA) is 58.4 Å². The van der Waals surface area contributed by atoms with Crippen LogP contribution in [0, 0.1) is 13.7 Å². The van der Waals surface area contributed by atoms with Gasteiger partial charge in [-0.3, -0.25) is 10.1 Å². The van der Waals surface area contributed by atoms with E-state index in [-0.39, 0.29) is 10.6 Å². The lowest BCUT2D eigenvalue weighted by molar-refractivity contribution is -0.384. The molecule has 5 nitrogen and oxygen atoms in total. The summed E-state index contributed by atoms with van der Waals surface area (Å²) in [5.41, 5.74) is 1.26. The Balaban J connectivity index is 2.22. The Bertz CT molecular complexity index is 417. The average Bonchev–Trinajstić information content (AvgIpc) is 2.57. The largest absolute Gasteiger partial charge is 0.369 e. The molecule has 0 saturated carbocycles. The SMILES string of the molecule is O=[N+]([O-])c1ccc(N2CCCNCC2)c(I)c1. The van der Waals surface area contributed by atoms with Gasteiger partial charge in [-0.1, -0.05) is 0 Å². The van der Waals surface area contributed by atoms with Crippen molar-refractivity contribution in [2.45, 2.75) is 6.42 Å². The summed E-state index contributed by atoms with van der Waals surface area (Å²) in [5, 5.41) is 14.0. The fourth-order valence-corrected chi connectivity index (χ4v) is 2.79. The molecule has 0 amide bonds. The minimum Gasteiger partial charge on any atom is -0.369 e. The molecule has 1 aliphatic heterocycles. The summed E-state index contributed by atoms with van der Waals surface area (Å²) in [6.45, 7) is 3.96. The Kier molecular flexibility index (Phi) is 4.16. The molecule has 1 fully saturated rings. The number of non-ortho nitro benzene ring substituents is 1. The van der Waals surface area contributed by atoms with E-state index in [1.807, 2.05) is 6.07 Å². The zero-order valence-corrected chi connectivity index (χ0v) is 11.5. The van der Waals surface area contributed by atoms with Gasteiger partial charge in [0.05, 0.1) is 10.6 Å². The number of benzene rings is 1. The van der Waals surface area contributed by atoms with E-state index in [2.05, 4.69) is 32.8 Å². The van der Waals surface area contributed by atoms with Crippen LogP contribution in [0.15, 0.2) is 18.2 Å².